The maximum Gasteiger partial charge on any atom is 0.0634 e. The van der Waals surface area contributed by atoms with Gasteiger partial charge in [0, 0.05) is 27.2 Å². The van der Waals surface area contributed by atoms with E-state index in [4.69, 9.17) is 0 Å². The van der Waals surface area contributed by atoms with Crippen LogP contribution >= 0.6 is 0 Å². The molecule has 19 heavy (non-hydrogen) atoms. The maximum atomic E-state index is 3.53. The zero-order valence-electron chi connectivity index (χ0n) is 12.2. The molecule has 104 valence electrons. The summed E-state index contributed by atoms with van der Waals surface area (Å²) in [6.45, 7) is 4.64. The molecule has 3 rings (SSSR count). The molecule has 1 fully saturated rings. The summed E-state index contributed by atoms with van der Waals surface area (Å²) >= 11 is 0. The van der Waals surface area contributed by atoms with Crippen molar-refractivity contribution in [2.24, 2.45) is 5.92 Å². The van der Waals surface area contributed by atoms with Crippen LogP contribution in [-0.2, 0) is 6.42 Å². The van der Waals surface area contributed by atoms with Crippen LogP contribution in [0.5, 0.6) is 0 Å². The summed E-state index contributed by atoms with van der Waals surface area (Å²) in [7, 11) is 4.44. The standard InChI is InChI=1S/C16H25N3/c1-18-9-10-19(2)16-14(6-3-7-15(16)18)11-13-5-4-8-17-12-13/h3,6-7,13,17H,4-5,8-12H2,1-2H3. The largest absolute Gasteiger partial charge is 0.371 e. The molecular weight excluding hydrogens is 234 g/mol. The van der Waals surface area contributed by atoms with Crippen molar-refractivity contribution in [3.63, 3.8) is 0 Å². The molecule has 3 nitrogen and oxygen atoms in total. The van der Waals surface area contributed by atoms with Crippen LogP contribution in [0, 0.1) is 5.92 Å². The summed E-state index contributed by atoms with van der Waals surface area (Å²) in [5, 5.41) is 3.53. The number of piperidine rings is 1. The van der Waals surface area contributed by atoms with E-state index in [-0.39, 0.29) is 0 Å². The van der Waals surface area contributed by atoms with Crippen molar-refractivity contribution >= 4 is 11.4 Å². The molecule has 1 aromatic rings. The quantitative estimate of drug-likeness (QED) is 0.877. The number of likely N-dealkylation sites (N-methyl/N-ethyl adjacent to an activating group) is 2. The average Bonchev–Trinajstić information content (AvgIpc) is 2.44. The van der Waals surface area contributed by atoms with Crippen molar-refractivity contribution in [3.8, 4) is 0 Å². The van der Waals surface area contributed by atoms with E-state index in [1.54, 1.807) is 0 Å². The monoisotopic (exact) mass is 259 g/mol. The van der Waals surface area contributed by atoms with Gasteiger partial charge in [-0.15, -0.1) is 0 Å². The van der Waals surface area contributed by atoms with E-state index in [0.29, 0.717) is 0 Å². The Bertz CT molecular complexity index is 438. The fraction of sp³-hybridized carbons (Fsp3) is 0.625. The maximum absolute atomic E-state index is 3.53. The molecule has 2 aliphatic heterocycles. The summed E-state index contributed by atoms with van der Waals surface area (Å²) in [6.07, 6.45) is 3.92. The van der Waals surface area contributed by atoms with Gasteiger partial charge in [-0.3, -0.25) is 0 Å². The third-order valence-corrected chi connectivity index (χ3v) is 4.57. The predicted molar refractivity (Wildman–Crippen MR) is 82.3 cm³/mol. The lowest BCUT2D eigenvalue weighted by Crippen LogP contribution is -2.38. The topological polar surface area (TPSA) is 18.5 Å². The van der Waals surface area contributed by atoms with Crippen molar-refractivity contribution in [1.82, 2.24) is 5.32 Å². The second-order valence-corrected chi connectivity index (χ2v) is 6.04. The van der Waals surface area contributed by atoms with Crippen LogP contribution in [0.25, 0.3) is 0 Å². The fourth-order valence-electron chi connectivity index (χ4n) is 3.43. The molecule has 0 radical (unpaired) electrons. The van der Waals surface area contributed by atoms with E-state index in [0.717, 1.165) is 19.0 Å². The summed E-state index contributed by atoms with van der Waals surface area (Å²) < 4.78 is 0. The number of fused-ring (bicyclic) bond motifs is 1. The van der Waals surface area contributed by atoms with Gasteiger partial charge in [0.1, 0.15) is 0 Å². The Labute approximate surface area is 116 Å². The highest BCUT2D eigenvalue weighted by atomic mass is 15.2. The second-order valence-electron chi connectivity index (χ2n) is 6.04. The third-order valence-electron chi connectivity index (χ3n) is 4.57. The zero-order chi connectivity index (χ0) is 13.2. The van der Waals surface area contributed by atoms with Crippen molar-refractivity contribution in [3.05, 3.63) is 23.8 Å². The molecule has 1 atom stereocenters. The molecule has 1 aromatic carbocycles. The third kappa shape index (κ3) is 2.57. The number of benzene rings is 1. The predicted octanol–water partition coefficient (Wildman–Crippen LogP) is 2.11. The molecular formula is C16H25N3. The zero-order valence-corrected chi connectivity index (χ0v) is 12.2. The van der Waals surface area contributed by atoms with E-state index in [2.05, 4.69) is 47.4 Å². The first kappa shape index (κ1) is 12.8. The molecule has 0 aromatic heterocycles. The van der Waals surface area contributed by atoms with Crippen LogP contribution in [0.15, 0.2) is 18.2 Å². The lowest BCUT2D eigenvalue weighted by atomic mass is 9.90. The minimum absolute atomic E-state index is 0.806. The number of hydrogen-bond acceptors (Lipinski definition) is 3. The Balaban J connectivity index is 1.86. The van der Waals surface area contributed by atoms with Crippen LogP contribution in [0.3, 0.4) is 0 Å². The van der Waals surface area contributed by atoms with Gasteiger partial charge in [0.2, 0.25) is 0 Å². The van der Waals surface area contributed by atoms with Gasteiger partial charge in [-0.1, -0.05) is 12.1 Å². The van der Waals surface area contributed by atoms with Crippen molar-refractivity contribution in [2.75, 3.05) is 50.1 Å². The number of anilines is 2. The normalized spacial score (nSPS) is 23.4. The first-order valence-electron chi connectivity index (χ1n) is 7.50. The summed E-state index contributed by atoms with van der Waals surface area (Å²) in [6, 6.07) is 6.80. The number of para-hydroxylation sites is 1. The summed E-state index contributed by atoms with van der Waals surface area (Å²) in [5.41, 5.74) is 4.39. The molecule has 0 saturated carbocycles. The van der Waals surface area contributed by atoms with Gasteiger partial charge in [0.15, 0.2) is 0 Å². The Morgan fingerprint density at radius 3 is 2.84 bits per heavy atom. The average molecular weight is 259 g/mol. The highest BCUT2D eigenvalue weighted by Gasteiger charge is 2.22. The van der Waals surface area contributed by atoms with E-state index in [1.165, 1.54) is 49.3 Å². The Hall–Kier alpha value is -1.22. The molecule has 0 spiro atoms. The highest BCUT2D eigenvalue weighted by Crippen LogP contribution is 2.36. The van der Waals surface area contributed by atoms with E-state index in [9.17, 15) is 0 Å². The molecule has 0 aliphatic carbocycles. The van der Waals surface area contributed by atoms with E-state index in [1.807, 2.05) is 0 Å². The lowest BCUT2D eigenvalue weighted by molar-refractivity contribution is 0.376. The SMILES string of the molecule is CN1CCN(C)c2c(CC3CCCNC3)cccc21. The van der Waals surface area contributed by atoms with Crippen LogP contribution in [0.2, 0.25) is 0 Å². The minimum atomic E-state index is 0.806. The number of hydrogen-bond donors (Lipinski definition) is 1. The number of rotatable bonds is 2. The van der Waals surface area contributed by atoms with Gasteiger partial charge < -0.3 is 15.1 Å². The van der Waals surface area contributed by atoms with Crippen LogP contribution in [-0.4, -0.2) is 40.3 Å². The fourth-order valence-corrected chi connectivity index (χ4v) is 3.43. The Kier molecular flexibility index (Phi) is 3.65. The molecule has 3 heteroatoms. The molecule has 1 N–H and O–H groups in total. The smallest absolute Gasteiger partial charge is 0.0634 e. The van der Waals surface area contributed by atoms with E-state index < -0.39 is 0 Å². The van der Waals surface area contributed by atoms with Crippen LogP contribution in [0.4, 0.5) is 11.4 Å². The molecule has 1 saturated heterocycles. The lowest BCUT2D eigenvalue weighted by Gasteiger charge is -2.37. The Morgan fingerprint density at radius 1 is 1.21 bits per heavy atom. The highest BCUT2D eigenvalue weighted by molar-refractivity contribution is 5.76. The first-order valence-corrected chi connectivity index (χ1v) is 7.50. The number of nitrogens with one attached hydrogen (secondary N) is 1. The summed E-state index contributed by atoms with van der Waals surface area (Å²) in [5.74, 6) is 0.806. The molecule has 0 amide bonds. The van der Waals surface area contributed by atoms with Crippen molar-refractivity contribution < 1.29 is 0 Å². The van der Waals surface area contributed by atoms with Gasteiger partial charge in [-0.05, 0) is 49.9 Å². The van der Waals surface area contributed by atoms with Gasteiger partial charge in [-0.25, -0.2) is 0 Å². The van der Waals surface area contributed by atoms with E-state index >= 15 is 0 Å². The second kappa shape index (κ2) is 5.41. The first-order chi connectivity index (χ1) is 9.25. The van der Waals surface area contributed by atoms with Crippen LogP contribution in [0.1, 0.15) is 18.4 Å². The molecule has 2 heterocycles. The molecule has 2 aliphatic rings. The van der Waals surface area contributed by atoms with Gasteiger partial charge in [0.25, 0.3) is 0 Å². The van der Waals surface area contributed by atoms with Gasteiger partial charge in [0.05, 0.1) is 11.4 Å². The Morgan fingerprint density at radius 2 is 2.05 bits per heavy atom. The van der Waals surface area contributed by atoms with Crippen molar-refractivity contribution in [1.29, 1.82) is 0 Å². The van der Waals surface area contributed by atoms with Crippen molar-refractivity contribution in [2.45, 2.75) is 19.3 Å². The van der Waals surface area contributed by atoms with Crippen LogP contribution < -0.4 is 15.1 Å². The van der Waals surface area contributed by atoms with Gasteiger partial charge >= 0.3 is 0 Å². The minimum Gasteiger partial charge on any atom is -0.371 e. The van der Waals surface area contributed by atoms with Gasteiger partial charge in [-0.2, -0.15) is 0 Å². The molecule has 1 unspecified atom stereocenters. The number of nitrogens with zero attached hydrogens (tertiary/aromatic N) is 2. The summed E-state index contributed by atoms with van der Waals surface area (Å²) in [4.78, 5) is 4.82. The molecule has 0 bridgehead atoms.